The fourth-order valence-electron chi connectivity index (χ4n) is 7.26. The van der Waals surface area contributed by atoms with E-state index in [0.29, 0.717) is 16.7 Å². The molecule has 11 heteroatoms. The van der Waals surface area contributed by atoms with Crippen LogP contribution in [0.25, 0.3) is 11.1 Å². The maximum Gasteiger partial charge on any atom is 0.225 e. The Morgan fingerprint density at radius 2 is 1.75 bits per heavy atom. The molecule has 1 saturated carbocycles. The van der Waals surface area contributed by atoms with E-state index in [0.717, 1.165) is 44.0 Å². The van der Waals surface area contributed by atoms with E-state index >= 15 is 0 Å². The number of fused-ring (bicyclic) bond motifs is 2. The van der Waals surface area contributed by atoms with Crippen molar-refractivity contribution in [3.63, 3.8) is 0 Å². The van der Waals surface area contributed by atoms with Crippen molar-refractivity contribution in [1.29, 1.82) is 0 Å². The van der Waals surface area contributed by atoms with Crippen molar-refractivity contribution in [2.24, 2.45) is 23.5 Å². The highest BCUT2D eigenvalue weighted by Crippen LogP contribution is 2.51. The fourth-order valence-corrected chi connectivity index (χ4v) is 7.26. The number of carbonyl (C=O) groups is 4. The van der Waals surface area contributed by atoms with Crippen molar-refractivity contribution >= 4 is 28.9 Å². The zero-order valence-corrected chi connectivity index (χ0v) is 25.6. The smallest absolute Gasteiger partial charge is 0.225 e. The van der Waals surface area contributed by atoms with Crippen molar-refractivity contribution in [2.45, 2.75) is 37.8 Å². The number of nitrogens with two attached hydrogens (primary N) is 1. The van der Waals surface area contributed by atoms with Gasteiger partial charge in [-0.1, -0.05) is 24.3 Å². The standard InChI is InChI=1S/C33H42N4O7/c1-35(2)25-16-23(20-6-4-19(5-7-20)18-37-11-9-36(3)10-12-37)30(41)29-24(25)15-21-14-22(8-13-38)33(44,26(39)17-27(34)40)32(43)28(21)31(29)42/h4-7,16,21-22,28,38,41,44H,8-15,17-18H2,1-3H3,(H2,34,40)/t21-,22-,28?,33-/m1/s1. The number of hydrogen-bond donors (Lipinski definition) is 4. The van der Waals surface area contributed by atoms with Crippen LogP contribution >= 0.6 is 0 Å². The molecular formula is C33H42N4O7. The third-order valence-corrected chi connectivity index (χ3v) is 9.67. The van der Waals surface area contributed by atoms with Gasteiger partial charge in [0.05, 0.1) is 17.9 Å². The Morgan fingerprint density at radius 3 is 2.34 bits per heavy atom. The number of primary amides is 1. The number of rotatable bonds is 9. The number of benzene rings is 2. The van der Waals surface area contributed by atoms with Crippen LogP contribution in [0.1, 0.15) is 40.7 Å². The minimum atomic E-state index is -2.64. The van der Waals surface area contributed by atoms with Gasteiger partial charge in [0.25, 0.3) is 0 Å². The Morgan fingerprint density at radius 1 is 1.09 bits per heavy atom. The molecule has 1 amide bonds. The lowest BCUT2D eigenvalue weighted by molar-refractivity contribution is -0.167. The van der Waals surface area contributed by atoms with Crippen molar-refractivity contribution in [3.8, 4) is 16.9 Å². The maximum absolute atomic E-state index is 14.2. The second-order valence-corrected chi connectivity index (χ2v) is 12.8. The molecule has 2 aromatic rings. The molecule has 4 atom stereocenters. The maximum atomic E-state index is 14.2. The lowest BCUT2D eigenvalue weighted by atomic mass is 9.57. The average molecular weight is 607 g/mol. The second kappa shape index (κ2) is 12.4. The van der Waals surface area contributed by atoms with E-state index in [1.807, 2.05) is 49.3 Å². The molecule has 11 nitrogen and oxygen atoms in total. The predicted octanol–water partition coefficient (Wildman–Crippen LogP) is 0.991. The van der Waals surface area contributed by atoms with Gasteiger partial charge in [-0.15, -0.1) is 0 Å². The molecule has 2 aliphatic carbocycles. The number of amides is 1. The monoisotopic (exact) mass is 606 g/mol. The van der Waals surface area contributed by atoms with Gasteiger partial charge in [-0.2, -0.15) is 0 Å². The van der Waals surface area contributed by atoms with Crippen LogP contribution in [0.4, 0.5) is 5.69 Å². The largest absolute Gasteiger partial charge is 0.507 e. The predicted molar refractivity (Wildman–Crippen MR) is 164 cm³/mol. The van der Waals surface area contributed by atoms with Gasteiger partial charge in [-0.05, 0) is 55.0 Å². The molecule has 5 N–H and O–H groups in total. The SMILES string of the molecule is CN1CCN(Cc2ccc(-c3cc(N(C)C)c4c(c3O)C(=O)C3C(=O)[C@](O)(C(=O)CC(N)=O)[C@H](CCO)C[C@@H]3C4)cc2)CC1. The van der Waals surface area contributed by atoms with Gasteiger partial charge in [0.2, 0.25) is 5.91 Å². The molecule has 1 heterocycles. The van der Waals surface area contributed by atoms with Gasteiger partial charge in [-0.25, -0.2) is 0 Å². The summed E-state index contributed by atoms with van der Waals surface area (Å²) < 4.78 is 0. The zero-order chi connectivity index (χ0) is 31.9. The van der Waals surface area contributed by atoms with Crippen LogP contribution in [0.15, 0.2) is 30.3 Å². The van der Waals surface area contributed by atoms with Crippen LogP contribution < -0.4 is 10.6 Å². The van der Waals surface area contributed by atoms with Crippen molar-refractivity contribution in [3.05, 3.63) is 47.0 Å². The number of phenols is 1. The number of Topliss-reactive ketones (excluding diaryl/α,β-unsaturated/α-hetero) is 3. The van der Waals surface area contributed by atoms with E-state index in [-0.39, 0.29) is 30.6 Å². The molecular weight excluding hydrogens is 564 g/mol. The van der Waals surface area contributed by atoms with Crippen molar-refractivity contribution in [2.75, 3.05) is 58.8 Å². The number of aromatic hydroxyl groups is 1. The van der Waals surface area contributed by atoms with Gasteiger partial charge in [-0.3, -0.25) is 24.1 Å². The van der Waals surface area contributed by atoms with E-state index in [1.54, 1.807) is 0 Å². The molecule has 44 heavy (non-hydrogen) atoms. The third kappa shape index (κ3) is 5.65. The van der Waals surface area contributed by atoms with Crippen molar-refractivity contribution < 1.29 is 34.5 Å². The highest BCUT2D eigenvalue weighted by Gasteiger charge is 2.60. The summed E-state index contributed by atoms with van der Waals surface area (Å²) in [5.41, 5.74) is 6.17. The number of carbonyl (C=O) groups excluding carboxylic acids is 4. The Balaban J connectivity index is 1.52. The number of piperazine rings is 1. The summed E-state index contributed by atoms with van der Waals surface area (Å²) in [6, 6.07) is 9.69. The minimum Gasteiger partial charge on any atom is -0.507 e. The number of hydrogen-bond acceptors (Lipinski definition) is 10. The number of anilines is 1. The number of aliphatic hydroxyl groups is 2. The number of ketones is 3. The lowest BCUT2D eigenvalue weighted by Crippen LogP contribution is -2.63. The molecule has 0 radical (unpaired) electrons. The average Bonchev–Trinajstić information content (AvgIpc) is 2.97. The second-order valence-electron chi connectivity index (χ2n) is 12.8. The number of aliphatic hydroxyl groups excluding tert-OH is 1. The van der Waals surface area contributed by atoms with Crippen LogP contribution in [0.2, 0.25) is 0 Å². The number of phenolic OH excluding ortho intramolecular Hbond substituents is 1. The highest BCUT2D eigenvalue weighted by atomic mass is 16.3. The highest BCUT2D eigenvalue weighted by molar-refractivity contribution is 6.24. The molecule has 2 fully saturated rings. The molecule has 1 unspecified atom stereocenters. The summed E-state index contributed by atoms with van der Waals surface area (Å²) in [5.74, 6) is -6.93. The van der Waals surface area contributed by atoms with E-state index in [1.165, 1.54) is 0 Å². The molecule has 1 saturated heterocycles. The van der Waals surface area contributed by atoms with Crippen LogP contribution in [-0.2, 0) is 27.3 Å². The first-order chi connectivity index (χ1) is 20.9. The zero-order valence-electron chi connectivity index (χ0n) is 25.6. The Hall–Kier alpha value is -3.64. The summed E-state index contributed by atoms with van der Waals surface area (Å²) in [6.07, 6.45) is -0.567. The minimum absolute atomic E-state index is 0.00706. The third-order valence-electron chi connectivity index (χ3n) is 9.67. The van der Waals surface area contributed by atoms with Crippen molar-refractivity contribution in [1.82, 2.24) is 9.80 Å². The Bertz CT molecular complexity index is 1470. The van der Waals surface area contributed by atoms with Crippen LogP contribution in [0.5, 0.6) is 5.75 Å². The fraction of sp³-hybridized carbons (Fsp3) is 0.515. The number of nitrogens with zero attached hydrogens (tertiary/aromatic N) is 3. The first kappa shape index (κ1) is 31.8. The normalized spacial score (nSPS) is 25.8. The van der Waals surface area contributed by atoms with E-state index < -0.39 is 59.6 Å². The molecule has 0 aromatic heterocycles. The quantitative estimate of drug-likeness (QED) is 0.303. The lowest BCUT2D eigenvalue weighted by Gasteiger charge is -2.46. The molecule has 0 bridgehead atoms. The topological polar surface area (TPSA) is 165 Å². The summed E-state index contributed by atoms with van der Waals surface area (Å²) in [5, 5.41) is 32.8. The first-order valence-corrected chi connectivity index (χ1v) is 15.2. The molecule has 5 rings (SSSR count). The first-order valence-electron chi connectivity index (χ1n) is 15.2. The summed E-state index contributed by atoms with van der Waals surface area (Å²) in [4.78, 5) is 59.2. The van der Waals surface area contributed by atoms with E-state index in [2.05, 4.69) is 16.8 Å². The number of likely N-dealkylation sites (N-methyl/N-ethyl adjacent to an activating group) is 1. The van der Waals surface area contributed by atoms with Gasteiger partial charge in [0, 0.05) is 70.6 Å². The van der Waals surface area contributed by atoms with Gasteiger partial charge in [0.15, 0.2) is 23.0 Å². The van der Waals surface area contributed by atoms with Gasteiger partial charge < -0.3 is 30.9 Å². The molecule has 1 aliphatic heterocycles. The van der Waals surface area contributed by atoms with Crippen LogP contribution in [0.3, 0.4) is 0 Å². The van der Waals surface area contributed by atoms with Crippen LogP contribution in [0, 0.1) is 17.8 Å². The van der Waals surface area contributed by atoms with E-state index in [9.17, 15) is 34.5 Å². The van der Waals surface area contributed by atoms with E-state index in [4.69, 9.17) is 5.73 Å². The molecule has 236 valence electrons. The Labute approximate surface area is 257 Å². The molecule has 2 aromatic carbocycles. The molecule has 0 spiro atoms. The molecule has 3 aliphatic rings. The Kier molecular flexibility index (Phi) is 8.95. The summed E-state index contributed by atoms with van der Waals surface area (Å²) >= 11 is 0. The van der Waals surface area contributed by atoms with Gasteiger partial charge >= 0.3 is 0 Å². The van der Waals surface area contributed by atoms with Gasteiger partial charge in [0.1, 0.15) is 5.75 Å². The summed E-state index contributed by atoms with van der Waals surface area (Å²) in [7, 11) is 5.80. The van der Waals surface area contributed by atoms with Crippen LogP contribution in [-0.4, -0.2) is 108 Å². The summed E-state index contributed by atoms with van der Waals surface area (Å²) in [6.45, 7) is 4.43.